The van der Waals surface area contributed by atoms with E-state index < -0.39 is 0 Å². The standard InChI is InChI=1S/C14H21N5O3/c1-4-21-13-12-16-5-9(19(12)18-14(15)17-13)11-8(3)7(2)10(6-20)22-11/h5,7-8,10-11,20H,4,6H2,1-3H3,(H2,15,18)/t7-,8+,10+,11+/m0/s1. The first-order valence-electron chi connectivity index (χ1n) is 7.47. The topological polar surface area (TPSA) is 108 Å². The van der Waals surface area contributed by atoms with Crippen molar-refractivity contribution in [2.75, 3.05) is 18.9 Å². The molecule has 0 amide bonds. The third-order valence-corrected chi connectivity index (χ3v) is 4.34. The van der Waals surface area contributed by atoms with Crippen LogP contribution in [0, 0.1) is 11.8 Å². The van der Waals surface area contributed by atoms with E-state index in [9.17, 15) is 5.11 Å². The van der Waals surface area contributed by atoms with Crippen LogP contribution >= 0.6 is 0 Å². The normalized spacial score (nSPS) is 28.4. The van der Waals surface area contributed by atoms with E-state index in [-0.39, 0.29) is 36.6 Å². The summed E-state index contributed by atoms with van der Waals surface area (Å²) in [5.74, 6) is 0.946. The van der Waals surface area contributed by atoms with Gasteiger partial charge in [-0.05, 0) is 18.8 Å². The Morgan fingerprint density at radius 2 is 2.18 bits per heavy atom. The average Bonchev–Trinajstić information content (AvgIpc) is 3.02. The molecule has 1 saturated heterocycles. The van der Waals surface area contributed by atoms with Crippen LogP contribution < -0.4 is 10.5 Å². The van der Waals surface area contributed by atoms with Crippen molar-refractivity contribution in [3.63, 3.8) is 0 Å². The predicted molar refractivity (Wildman–Crippen MR) is 79.4 cm³/mol. The minimum absolute atomic E-state index is 0.0000614. The summed E-state index contributed by atoms with van der Waals surface area (Å²) in [6, 6.07) is 0. The number of ether oxygens (including phenoxy) is 2. The summed E-state index contributed by atoms with van der Waals surface area (Å²) in [6.45, 7) is 6.50. The first kappa shape index (κ1) is 15.0. The van der Waals surface area contributed by atoms with Crippen molar-refractivity contribution in [3.05, 3.63) is 11.9 Å². The number of aliphatic hydroxyl groups is 1. The Bertz CT molecular complexity index is 674. The Kier molecular flexibility index (Phi) is 3.88. The zero-order valence-electron chi connectivity index (χ0n) is 12.9. The van der Waals surface area contributed by atoms with E-state index in [1.807, 2.05) is 6.92 Å². The summed E-state index contributed by atoms with van der Waals surface area (Å²) in [5, 5.41) is 13.7. The summed E-state index contributed by atoms with van der Waals surface area (Å²) >= 11 is 0. The lowest BCUT2D eigenvalue weighted by atomic mass is 9.89. The first-order valence-corrected chi connectivity index (χ1v) is 7.47. The lowest BCUT2D eigenvalue weighted by Gasteiger charge is -2.15. The molecule has 1 fully saturated rings. The minimum Gasteiger partial charge on any atom is -0.475 e. The Hall–Kier alpha value is -1.93. The summed E-state index contributed by atoms with van der Waals surface area (Å²) in [4.78, 5) is 8.42. The van der Waals surface area contributed by atoms with E-state index in [0.29, 0.717) is 18.1 Å². The van der Waals surface area contributed by atoms with E-state index in [2.05, 4.69) is 28.9 Å². The van der Waals surface area contributed by atoms with Gasteiger partial charge in [0.05, 0.1) is 31.2 Å². The minimum atomic E-state index is -0.203. The van der Waals surface area contributed by atoms with Crippen LogP contribution in [-0.4, -0.2) is 44.0 Å². The second kappa shape index (κ2) is 5.69. The number of nitrogen functional groups attached to an aromatic ring is 1. The number of anilines is 1. The summed E-state index contributed by atoms with van der Waals surface area (Å²) in [5.41, 5.74) is 7.07. The van der Waals surface area contributed by atoms with Gasteiger partial charge in [-0.3, -0.25) is 0 Å². The molecule has 2 aromatic heterocycles. The first-order chi connectivity index (χ1) is 10.6. The van der Waals surface area contributed by atoms with Gasteiger partial charge in [0.25, 0.3) is 5.88 Å². The lowest BCUT2D eigenvalue weighted by molar-refractivity contribution is -0.00452. The molecule has 1 aliphatic heterocycles. The third kappa shape index (κ3) is 2.28. The molecule has 0 spiro atoms. The van der Waals surface area contributed by atoms with Crippen LogP contribution in [0.25, 0.3) is 5.65 Å². The molecule has 120 valence electrons. The molecule has 0 aromatic carbocycles. The highest BCUT2D eigenvalue weighted by Gasteiger charge is 2.41. The van der Waals surface area contributed by atoms with E-state index >= 15 is 0 Å². The second-order valence-electron chi connectivity index (χ2n) is 5.62. The molecule has 3 rings (SSSR count). The van der Waals surface area contributed by atoms with Gasteiger partial charge in [-0.1, -0.05) is 13.8 Å². The number of hydrogen-bond acceptors (Lipinski definition) is 7. The van der Waals surface area contributed by atoms with E-state index in [1.165, 1.54) is 0 Å². The molecule has 2 aromatic rings. The number of rotatable bonds is 4. The zero-order valence-corrected chi connectivity index (χ0v) is 12.9. The van der Waals surface area contributed by atoms with Gasteiger partial charge in [0.2, 0.25) is 11.6 Å². The van der Waals surface area contributed by atoms with Gasteiger partial charge in [0.1, 0.15) is 6.10 Å². The highest BCUT2D eigenvalue weighted by molar-refractivity contribution is 5.51. The fourth-order valence-corrected chi connectivity index (χ4v) is 2.92. The Morgan fingerprint density at radius 3 is 2.82 bits per heavy atom. The van der Waals surface area contributed by atoms with E-state index in [1.54, 1.807) is 10.7 Å². The molecular formula is C14H21N5O3. The smallest absolute Gasteiger partial charge is 0.263 e. The molecule has 3 heterocycles. The summed E-state index contributed by atoms with van der Waals surface area (Å²) in [7, 11) is 0. The van der Waals surface area contributed by atoms with Crippen LogP contribution in [-0.2, 0) is 4.74 Å². The van der Waals surface area contributed by atoms with Crippen LogP contribution in [0.5, 0.6) is 5.88 Å². The Morgan fingerprint density at radius 1 is 1.41 bits per heavy atom. The number of nitrogens with two attached hydrogens (primary N) is 1. The fraction of sp³-hybridized carbons (Fsp3) is 0.643. The molecule has 3 N–H and O–H groups in total. The molecule has 8 heteroatoms. The van der Waals surface area contributed by atoms with Gasteiger partial charge < -0.3 is 20.3 Å². The second-order valence-corrected chi connectivity index (χ2v) is 5.62. The number of nitrogens with zero attached hydrogens (tertiary/aromatic N) is 4. The van der Waals surface area contributed by atoms with Crippen molar-refractivity contribution < 1.29 is 14.6 Å². The maximum absolute atomic E-state index is 9.43. The third-order valence-electron chi connectivity index (χ3n) is 4.34. The van der Waals surface area contributed by atoms with Gasteiger partial charge in [0, 0.05) is 0 Å². The number of fused-ring (bicyclic) bond motifs is 1. The zero-order chi connectivity index (χ0) is 15.9. The molecule has 8 nitrogen and oxygen atoms in total. The van der Waals surface area contributed by atoms with Gasteiger partial charge >= 0.3 is 0 Å². The molecule has 22 heavy (non-hydrogen) atoms. The molecule has 0 bridgehead atoms. The SMILES string of the molecule is CCOc1nc(N)nn2c([C@@H]3O[C@H](CO)[C@@H](C)[C@H]3C)cnc12. The van der Waals surface area contributed by atoms with Gasteiger partial charge in [-0.25, -0.2) is 9.50 Å². The Labute approximate surface area is 128 Å². The van der Waals surface area contributed by atoms with Crippen LogP contribution in [0.4, 0.5) is 5.95 Å². The quantitative estimate of drug-likeness (QED) is 0.860. The number of hydrogen-bond donors (Lipinski definition) is 2. The van der Waals surface area contributed by atoms with Crippen LogP contribution in [0.1, 0.15) is 32.6 Å². The van der Waals surface area contributed by atoms with E-state index in [4.69, 9.17) is 15.2 Å². The van der Waals surface area contributed by atoms with Crippen LogP contribution in [0.2, 0.25) is 0 Å². The maximum atomic E-state index is 9.43. The Balaban J connectivity index is 2.05. The molecule has 0 radical (unpaired) electrons. The molecule has 0 unspecified atom stereocenters. The van der Waals surface area contributed by atoms with Gasteiger partial charge in [-0.15, -0.1) is 5.10 Å². The fourth-order valence-electron chi connectivity index (χ4n) is 2.92. The average molecular weight is 307 g/mol. The monoisotopic (exact) mass is 307 g/mol. The maximum Gasteiger partial charge on any atom is 0.263 e. The van der Waals surface area contributed by atoms with Crippen molar-refractivity contribution in [1.82, 2.24) is 19.6 Å². The molecular weight excluding hydrogens is 286 g/mol. The lowest BCUT2D eigenvalue weighted by Crippen LogP contribution is -2.19. The number of aromatic nitrogens is 4. The summed E-state index contributed by atoms with van der Waals surface area (Å²) < 4.78 is 13.1. The molecule has 1 aliphatic rings. The van der Waals surface area contributed by atoms with Gasteiger partial charge in [0.15, 0.2) is 0 Å². The van der Waals surface area contributed by atoms with E-state index in [0.717, 1.165) is 5.69 Å². The van der Waals surface area contributed by atoms with Crippen LogP contribution in [0.15, 0.2) is 6.20 Å². The molecule has 0 saturated carbocycles. The molecule has 0 aliphatic carbocycles. The van der Waals surface area contributed by atoms with Crippen molar-refractivity contribution in [2.24, 2.45) is 11.8 Å². The summed E-state index contributed by atoms with van der Waals surface area (Å²) in [6.07, 6.45) is 1.32. The van der Waals surface area contributed by atoms with Crippen molar-refractivity contribution in [3.8, 4) is 5.88 Å². The number of imidazole rings is 1. The van der Waals surface area contributed by atoms with Crippen molar-refractivity contribution in [2.45, 2.75) is 33.0 Å². The number of aliphatic hydroxyl groups excluding tert-OH is 1. The van der Waals surface area contributed by atoms with Gasteiger partial charge in [-0.2, -0.15) is 4.98 Å². The highest BCUT2D eigenvalue weighted by Crippen LogP contribution is 2.42. The molecule has 4 atom stereocenters. The predicted octanol–water partition coefficient (Wildman–Crippen LogP) is 0.810. The highest BCUT2D eigenvalue weighted by atomic mass is 16.5. The van der Waals surface area contributed by atoms with Crippen molar-refractivity contribution in [1.29, 1.82) is 0 Å². The van der Waals surface area contributed by atoms with Crippen LogP contribution in [0.3, 0.4) is 0 Å². The van der Waals surface area contributed by atoms with Crippen molar-refractivity contribution >= 4 is 11.6 Å². The largest absolute Gasteiger partial charge is 0.475 e.